The van der Waals surface area contributed by atoms with E-state index in [1.54, 1.807) is 0 Å². The lowest BCUT2D eigenvalue weighted by Gasteiger charge is -2.38. The Kier molecular flexibility index (Phi) is 4.76. The normalized spacial score (nSPS) is 26.5. The molecule has 0 aliphatic carbocycles. The molecule has 0 amide bonds. The maximum Gasteiger partial charge on any atom is 0.170 e. The second kappa shape index (κ2) is 6.11. The van der Waals surface area contributed by atoms with E-state index in [0.717, 1.165) is 25.9 Å². The number of aliphatic hydroxyl groups excluding tert-OH is 1. The molecule has 5 heteroatoms. The Morgan fingerprint density at radius 2 is 1.94 bits per heavy atom. The van der Waals surface area contributed by atoms with E-state index in [9.17, 15) is 5.11 Å². The first-order valence-corrected chi connectivity index (χ1v) is 6.50. The minimum absolute atomic E-state index is 0.318. The molecule has 1 N–H and O–H groups in total. The SMILES string of the molecule is CCOCC(O)CN1CCC2(CC1)OCCO2. The molecule has 0 aromatic rings. The summed E-state index contributed by atoms with van der Waals surface area (Å²) in [4.78, 5) is 2.25. The maximum absolute atomic E-state index is 9.76. The molecule has 2 heterocycles. The molecule has 2 aliphatic rings. The van der Waals surface area contributed by atoms with Crippen LogP contribution in [0.4, 0.5) is 0 Å². The van der Waals surface area contributed by atoms with E-state index in [0.29, 0.717) is 33.0 Å². The van der Waals surface area contributed by atoms with Crippen molar-refractivity contribution in [3.05, 3.63) is 0 Å². The highest BCUT2D eigenvalue weighted by molar-refractivity contribution is 4.83. The maximum atomic E-state index is 9.76. The summed E-state index contributed by atoms with van der Waals surface area (Å²) in [6, 6.07) is 0. The molecule has 2 aliphatic heterocycles. The van der Waals surface area contributed by atoms with Crippen molar-refractivity contribution in [2.24, 2.45) is 0 Å². The second-order valence-corrected chi connectivity index (χ2v) is 4.72. The summed E-state index contributed by atoms with van der Waals surface area (Å²) >= 11 is 0. The van der Waals surface area contributed by atoms with Crippen molar-refractivity contribution in [1.29, 1.82) is 0 Å². The van der Waals surface area contributed by atoms with Crippen LogP contribution in [0.3, 0.4) is 0 Å². The Balaban J connectivity index is 1.68. The van der Waals surface area contributed by atoms with Crippen LogP contribution in [0, 0.1) is 0 Å². The second-order valence-electron chi connectivity index (χ2n) is 4.72. The van der Waals surface area contributed by atoms with Gasteiger partial charge in [0.2, 0.25) is 0 Å². The number of rotatable bonds is 5. The third-order valence-electron chi connectivity index (χ3n) is 3.41. The molecule has 5 nitrogen and oxygen atoms in total. The number of piperidine rings is 1. The first-order chi connectivity index (χ1) is 8.24. The van der Waals surface area contributed by atoms with E-state index in [2.05, 4.69) is 4.90 Å². The third kappa shape index (κ3) is 3.63. The van der Waals surface area contributed by atoms with Crippen LogP contribution in [-0.2, 0) is 14.2 Å². The topological polar surface area (TPSA) is 51.2 Å². The van der Waals surface area contributed by atoms with Gasteiger partial charge in [0.15, 0.2) is 5.79 Å². The molecule has 2 fully saturated rings. The van der Waals surface area contributed by atoms with Crippen LogP contribution < -0.4 is 0 Å². The zero-order valence-corrected chi connectivity index (χ0v) is 10.6. The first-order valence-electron chi connectivity index (χ1n) is 6.50. The predicted octanol–water partition coefficient (Wildman–Crippen LogP) is 0.223. The largest absolute Gasteiger partial charge is 0.389 e. The van der Waals surface area contributed by atoms with Gasteiger partial charge in [0.25, 0.3) is 0 Å². The number of aliphatic hydroxyl groups is 1. The average molecular weight is 245 g/mol. The average Bonchev–Trinajstić information content (AvgIpc) is 2.79. The smallest absolute Gasteiger partial charge is 0.170 e. The number of nitrogens with zero attached hydrogens (tertiary/aromatic N) is 1. The molecule has 0 radical (unpaired) electrons. The highest BCUT2D eigenvalue weighted by Crippen LogP contribution is 2.31. The van der Waals surface area contributed by atoms with Crippen molar-refractivity contribution in [3.8, 4) is 0 Å². The summed E-state index contributed by atoms with van der Waals surface area (Å²) in [5, 5.41) is 9.76. The van der Waals surface area contributed by atoms with Crippen molar-refractivity contribution in [3.63, 3.8) is 0 Å². The quantitative estimate of drug-likeness (QED) is 0.751. The fourth-order valence-corrected chi connectivity index (χ4v) is 2.47. The van der Waals surface area contributed by atoms with E-state index < -0.39 is 6.10 Å². The Labute approximate surface area is 103 Å². The van der Waals surface area contributed by atoms with Crippen LogP contribution in [-0.4, -0.2) is 68.0 Å². The van der Waals surface area contributed by atoms with Crippen LogP contribution in [0.15, 0.2) is 0 Å². The van der Waals surface area contributed by atoms with Gasteiger partial charge in [-0.25, -0.2) is 0 Å². The summed E-state index contributed by atoms with van der Waals surface area (Å²) < 4.78 is 16.5. The Hall–Kier alpha value is -0.200. The van der Waals surface area contributed by atoms with Gasteiger partial charge in [-0.15, -0.1) is 0 Å². The van der Waals surface area contributed by atoms with E-state index >= 15 is 0 Å². The van der Waals surface area contributed by atoms with Crippen LogP contribution in [0.2, 0.25) is 0 Å². The van der Waals surface area contributed by atoms with Crippen LogP contribution in [0.5, 0.6) is 0 Å². The molecule has 0 bridgehead atoms. The van der Waals surface area contributed by atoms with E-state index in [4.69, 9.17) is 14.2 Å². The summed E-state index contributed by atoms with van der Waals surface area (Å²) in [6.45, 7) is 6.96. The molecule has 2 saturated heterocycles. The fourth-order valence-electron chi connectivity index (χ4n) is 2.47. The third-order valence-corrected chi connectivity index (χ3v) is 3.41. The number of hydrogen-bond acceptors (Lipinski definition) is 5. The Bertz CT molecular complexity index is 221. The number of ether oxygens (including phenoxy) is 3. The van der Waals surface area contributed by atoms with Gasteiger partial charge < -0.3 is 24.2 Å². The zero-order chi connectivity index (χ0) is 12.1. The Morgan fingerprint density at radius 1 is 1.29 bits per heavy atom. The van der Waals surface area contributed by atoms with E-state index in [-0.39, 0.29) is 5.79 Å². The van der Waals surface area contributed by atoms with Gasteiger partial charge in [-0.3, -0.25) is 0 Å². The van der Waals surface area contributed by atoms with Gasteiger partial charge in [0, 0.05) is 39.1 Å². The van der Waals surface area contributed by atoms with Crippen molar-refractivity contribution in [2.75, 3.05) is 46.1 Å². The molecule has 2 rings (SSSR count). The van der Waals surface area contributed by atoms with Crippen molar-refractivity contribution < 1.29 is 19.3 Å². The van der Waals surface area contributed by atoms with Crippen LogP contribution in [0.1, 0.15) is 19.8 Å². The van der Waals surface area contributed by atoms with Crippen molar-refractivity contribution in [2.45, 2.75) is 31.7 Å². The molecule has 1 spiro atoms. The summed E-state index contributed by atoms with van der Waals surface area (Å²) in [5.74, 6) is -0.318. The number of hydrogen-bond donors (Lipinski definition) is 1. The highest BCUT2D eigenvalue weighted by atomic mass is 16.7. The summed E-state index contributed by atoms with van der Waals surface area (Å²) in [5.41, 5.74) is 0. The lowest BCUT2D eigenvalue weighted by Crippen LogP contribution is -2.47. The Morgan fingerprint density at radius 3 is 2.53 bits per heavy atom. The monoisotopic (exact) mass is 245 g/mol. The lowest BCUT2D eigenvalue weighted by molar-refractivity contribution is -0.186. The van der Waals surface area contributed by atoms with Crippen LogP contribution in [0.25, 0.3) is 0 Å². The molecule has 0 aromatic carbocycles. The zero-order valence-electron chi connectivity index (χ0n) is 10.6. The summed E-state index contributed by atoms with van der Waals surface area (Å²) in [6.07, 6.45) is 1.40. The summed E-state index contributed by atoms with van der Waals surface area (Å²) in [7, 11) is 0. The van der Waals surface area contributed by atoms with Crippen LogP contribution >= 0.6 is 0 Å². The number of likely N-dealkylation sites (tertiary alicyclic amines) is 1. The fraction of sp³-hybridized carbons (Fsp3) is 1.00. The molecule has 1 atom stereocenters. The molecule has 17 heavy (non-hydrogen) atoms. The molecular weight excluding hydrogens is 222 g/mol. The molecule has 0 saturated carbocycles. The minimum atomic E-state index is -0.394. The molecular formula is C12H23NO4. The molecule has 0 aromatic heterocycles. The van der Waals surface area contributed by atoms with Gasteiger partial charge in [-0.05, 0) is 6.92 Å². The lowest BCUT2D eigenvalue weighted by atomic mass is 10.0. The van der Waals surface area contributed by atoms with Crippen molar-refractivity contribution >= 4 is 0 Å². The van der Waals surface area contributed by atoms with Gasteiger partial charge in [-0.2, -0.15) is 0 Å². The standard InChI is InChI=1S/C12H23NO4/c1-2-15-10-11(14)9-13-5-3-12(4-6-13)16-7-8-17-12/h11,14H,2-10H2,1H3. The minimum Gasteiger partial charge on any atom is -0.389 e. The number of β-amino-alcohol motifs (C(OH)–C–C–N with tert-alkyl or cyclic N) is 1. The van der Waals surface area contributed by atoms with Crippen molar-refractivity contribution in [1.82, 2.24) is 4.90 Å². The van der Waals surface area contributed by atoms with Gasteiger partial charge >= 0.3 is 0 Å². The van der Waals surface area contributed by atoms with E-state index in [1.165, 1.54) is 0 Å². The van der Waals surface area contributed by atoms with Gasteiger partial charge in [-0.1, -0.05) is 0 Å². The molecule has 1 unspecified atom stereocenters. The predicted molar refractivity (Wildman–Crippen MR) is 62.8 cm³/mol. The highest BCUT2D eigenvalue weighted by Gasteiger charge is 2.39. The van der Waals surface area contributed by atoms with Gasteiger partial charge in [0.1, 0.15) is 0 Å². The molecule has 100 valence electrons. The van der Waals surface area contributed by atoms with Gasteiger partial charge in [0.05, 0.1) is 25.9 Å². The van der Waals surface area contributed by atoms with E-state index in [1.807, 2.05) is 6.92 Å². The first kappa shape index (κ1) is 13.2.